The predicted octanol–water partition coefficient (Wildman–Crippen LogP) is 3.09. The third-order valence-electron chi connectivity index (χ3n) is 3.04. The van der Waals surface area contributed by atoms with Crippen molar-refractivity contribution in [1.29, 1.82) is 0 Å². The molecule has 4 nitrogen and oxygen atoms in total. The fraction of sp³-hybridized carbons (Fsp3) is 0.375. The van der Waals surface area contributed by atoms with Crippen LogP contribution in [0.15, 0.2) is 29.1 Å². The van der Waals surface area contributed by atoms with Crippen LogP contribution in [0.3, 0.4) is 0 Å². The number of aromatic nitrogens is 2. The fourth-order valence-electron chi connectivity index (χ4n) is 2.03. The molecule has 0 aliphatic heterocycles. The number of rotatable bonds is 4. The summed E-state index contributed by atoms with van der Waals surface area (Å²) in [6, 6.07) is 7.69. The van der Waals surface area contributed by atoms with Crippen LogP contribution in [-0.2, 0) is 6.42 Å². The summed E-state index contributed by atoms with van der Waals surface area (Å²) in [6.45, 7) is 7.71. The Hall–Kier alpha value is -2.10. The summed E-state index contributed by atoms with van der Waals surface area (Å²) in [4.78, 5) is 19.3. The largest absolute Gasteiger partial charge is 0.490 e. The maximum atomic E-state index is 12.0. The lowest BCUT2D eigenvalue weighted by Gasteiger charge is -2.15. The van der Waals surface area contributed by atoms with Gasteiger partial charge in [-0.15, -0.1) is 0 Å². The summed E-state index contributed by atoms with van der Waals surface area (Å²) in [7, 11) is 0. The van der Waals surface area contributed by atoms with Crippen molar-refractivity contribution in [1.82, 2.24) is 9.97 Å². The molecule has 1 N–H and O–H groups in total. The van der Waals surface area contributed by atoms with Crippen LogP contribution in [0.5, 0.6) is 5.75 Å². The molecule has 20 heavy (non-hydrogen) atoms. The molecule has 0 aliphatic rings. The van der Waals surface area contributed by atoms with Gasteiger partial charge in [0.1, 0.15) is 11.6 Å². The molecule has 0 fully saturated rings. The van der Waals surface area contributed by atoms with E-state index in [1.165, 1.54) is 0 Å². The summed E-state index contributed by atoms with van der Waals surface area (Å²) < 4.78 is 5.82. The van der Waals surface area contributed by atoms with E-state index in [2.05, 4.69) is 9.97 Å². The van der Waals surface area contributed by atoms with Crippen molar-refractivity contribution in [2.24, 2.45) is 0 Å². The second-order valence-electron chi connectivity index (χ2n) is 5.00. The maximum Gasteiger partial charge on any atom is 0.254 e. The standard InChI is InChI=1S/C16H20N2O2/c1-5-14-17-15(11(4)16(19)18-14)12-8-6-7-9-13(12)20-10(2)3/h6-10H,5H2,1-4H3,(H,17,18,19). The number of benzene rings is 1. The van der Waals surface area contributed by atoms with E-state index < -0.39 is 0 Å². The number of aryl methyl sites for hydroxylation is 1. The van der Waals surface area contributed by atoms with Gasteiger partial charge in [-0.3, -0.25) is 4.79 Å². The van der Waals surface area contributed by atoms with Gasteiger partial charge in [0.05, 0.1) is 11.8 Å². The molecule has 0 atom stereocenters. The summed E-state index contributed by atoms with van der Waals surface area (Å²) >= 11 is 0. The minimum absolute atomic E-state index is 0.0732. The Kier molecular flexibility index (Phi) is 4.23. The monoisotopic (exact) mass is 272 g/mol. The zero-order valence-corrected chi connectivity index (χ0v) is 12.4. The van der Waals surface area contributed by atoms with Gasteiger partial charge < -0.3 is 9.72 Å². The highest BCUT2D eigenvalue weighted by Crippen LogP contribution is 2.30. The van der Waals surface area contributed by atoms with E-state index in [0.717, 1.165) is 11.3 Å². The molecular weight excluding hydrogens is 252 g/mol. The Bertz CT molecular complexity index is 660. The number of hydrogen-bond donors (Lipinski definition) is 1. The lowest BCUT2D eigenvalue weighted by Crippen LogP contribution is -2.16. The number of aromatic amines is 1. The second-order valence-corrected chi connectivity index (χ2v) is 5.00. The van der Waals surface area contributed by atoms with Crippen LogP contribution in [0.25, 0.3) is 11.3 Å². The molecule has 1 aromatic carbocycles. The first-order chi connectivity index (χ1) is 9.52. The summed E-state index contributed by atoms with van der Waals surface area (Å²) in [5.41, 5.74) is 2.08. The topological polar surface area (TPSA) is 55.0 Å². The summed E-state index contributed by atoms with van der Waals surface area (Å²) in [5, 5.41) is 0. The lowest BCUT2D eigenvalue weighted by molar-refractivity contribution is 0.243. The van der Waals surface area contributed by atoms with Gasteiger partial charge >= 0.3 is 0 Å². The van der Waals surface area contributed by atoms with E-state index >= 15 is 0 Å². The summed E-state index contributed by atoms with van der Waals surface area (Å²) in [5.74, 6) is 1.45. The second kappa shape index (κ2) is 5.90. The normalized spacial score (nSPS) is 10.8. The van der Waals surface area contributed by atoms with Gasteiger partial charge in [-0.25, -0.2) is 4.98 Å². The molecule has 0 spiro atoms. The van der Waals surface area contributed by atoms with Crippen molar-refractivity contribution < 1.29 is 4.74 Å². The Morgan fingerprint density at radius 2 is 2.00 bits per heavy atom. The minimum Gasteiger partial charge on any atom is -0.490 e. The zero-order chi connectivity index (χ0) is 14.7. The van der Waals surface area contributed by atoms with Crippen molar-refractivity contribution in [2.75, 3.05) is 0 Å². The molecule has 0 unspecified atom stereocenters. The lowest BCUT2D eigenvalue weighted by atomic mass is 10.1. The van der Waals surface area contributed by atoms with Crippen LogP contribution in [-0.4, -0.2) is 16.1 Å². The number of nitrogens with zero attached hydrogens (tertiary/aromatic N) is 1. The Morgan fingerprint density at radius 1 is 1.30 bits per heavy atom. The van der Waals surface area contributed by atoms with Gasteiger partial charge in [0, 0.05) is 17.5 Å². The molecule has 0 saturated heterocycles. The van der Waals surface area contributed by atoms with E-state index in [-0.39, 0.29) is 11.7 Å². The molecule has 106 valence electrons. The van der Waals surface area contributed by atoms with Gasteiger partial charge in [-0.1, -0.05) is 19.1 Å². The van der Waals surface area contributed by atoms with Crippen LogP contribution >= 0.6 is 0 Å². The van der Waals surface area contributed by atoms with Crippen molar-refractivity contribution in [3.63, 3.8) is 0 Å². The number of H-pyrrole nitrogens is 1. The Morgan fingerprint density at radius 3 is 2.65 bits per heavy atom. The third kappa shape index (κ3) is 2.90. The van der Waals surface area contributed by atoms with Crippen molar-refractivity contribution in [2.45, 2.75) is 40.2 Å². The molecule has 0 aliphatic carbocycles. The van der Waals surface area contributed by atoms with Crippen LogP contribution in [0.1, 0.15) is 32.2 Å². The number of hydrogen-bond acceptors (Lipinski definition) is 3. The first-order valence-corrected chi connectivity index (χ1v) is 6.88. The van der Waals surface area contributed by atoms with Crippen LogP contribution in [0.4, 0.5) is 0 Å². The zero-order valence-electron chi connectivity index (χ0n) is 12.4. The molecule has 4 heteroatoms. The van der Waals surface area contributed by atoms with Crippen molar-refractivity contribution in [3.8, 4) is 17.0 Å². The molecule has 0 bridgehead atoms. The Balaban J connectivity index is 2.62. The van der Waals surface area contributed by atoms with Crippen LogP contribution in [0, 0.1) is 6.92 Å². The number of nitrogens with one attached hydrogen (secondary N) is 1. The highest BCUT2D eigenvalue weighted by atomic mass is 16.5. The molecule has 0 saturated carbocycles. The van der Waals surface area contributed by atoms with E-state index in [1.54, 1.807) is 6.92 Å². The number of ether oxygens (including phenoxy) is 1. The van der Waals surface area contributed by atoms with E-state index in [4.69, 9.17) is 4.74 Å². The third-order valence-corrected chi connectivity index (χ3v) is 3.04. The maximum absolute atomic E-state index is 12.0. The quantitative estimate of drug-likeness (QED) is 0.930. The van der Waals surface area contributed by atoms with Gasteiger partial charge in [0.15, 0.2) is 0 Å². The molecule has 2 aromatic rings. The average Bonchev–Trinajstić information content (AvgIpc) is 2.42. The SMILES string of the molecule is CCc1nc(-c2ccccc2OC(C)C)c(C)c(=O)[nH]1. The molecule has 2 rings (SSSR count). The van der Waals surface area contributed by atoms with Gasteiger partial charge in [-0.05, 0) is 32.9 Å². The molecule has 1 aromatic heterocycles. The van der Waals surface area contributed by atoms with Crippen molar-refractivity contribution >= 4 is 0 Å². The van der Waals surface area contributed by atoms with Crippen molar-refractivity contribution in [3.05, 3.63) is 46.0 Å². The van der Waals surface area contributed by atoms with E-state index in [9.17, 15) is 4.79 Å². The highest BCUT2D eigenvalue weighted by Gasteiger charge is 2.14. The van der Waals surface area contributed by atoms with E-state index in [0.29, 0.717) is 23.5 Å². The van der Waals surface area contributed by atoms with Gasteiger partial charge in [0.2, 0.25) is 0 Å². The first-order valence-electron chi connectivity index (χ1n) is 6.88. The molecule has 0 amide bonds. The first kappa shape index (κ1) is 14.3. The summed E-state index contributed by atoms with van der Waals surface area (Å²) in [6.07, 6.45) is 0.763. The molecule has 1 heterocycles. The van der Waals surface area contributed by atoms with Gasteiger partial charge in [0.25, 0.3) is 5.56 Å². The average molecular weight is 272 g/mol. The van der Waals surface area contributed by atoms with Crippen LogP contribution < -0.4 is 10.3 Å². The van der Waals surface area contributed by atoms with Gasteiger partial charge in [-0.2, -0.15) is 0 Å². The smallest absolute Gasteiger partial charge is 0.254 e. The highest BCUT2D eigenvalue weighted by molar-refractivity contribution is 5.69. The number of para-hydroxylation sites is 1. The molecule has 0 radical (unpaired) electrons. The minimum atomic E-state index is -0.0915. The Labute approximate surface area is 118 Å². The fourth-order valence-corrected chi connectivity index (χ4v) is 2.03. The molecular formula is C16H20N2O2. The van der Waals surface area contributed by atoms with E-state index in [1.807, 2.05) is 45.0 Å². The predicted molar refractivity (Wildman–Crippen MR) is 80.2 cm³/mol. The van der Waals surface area contributed by atoms with Crippen LogP contribution in [0.2, 0.25) is 0 Å².